The standard InChI is InChI=1S/C28H48O6/c1-14(2)15(3)24(31)25(32)16(4)18-7-8-19-17-13-34-26(33)21-11-22(29)23(30)12-28(21,6)20(17)9-10-27(18,19)5/h14-25,29-32H,7-13H2,1-6H3/t15-,16+,17-,18+,19+,20-,21-,22-,23+,24-,25-,27-,28-/m1/s1. The van der Waals surface area contributed by atoms with Gasteiger partial charge in [0.25, 0.3) is 0 Å². The fourth-order valence-corrected chi connectivity index (χ4v) is 8.95. The van der Waals surface area contributed by atoms with Crippen LogP contribution in [0.5, 0.6) is 0 Å². The van der Waals surface area contributed by atoms with Crippen molar-refractivity contribution in [3.63, 3.8) is 0 Å². The van der Waals surface area contributed by atoms with Gasteiger partial charge in [0.05, 0.1) is 36.9 Å². The zero-order valence-corrected chi connectivity index (χ0v) is 22.0. The first kappa shape index (κ1) is 26.4. The molecule has 1 heterocycles. The second-order valence-corrected chi connectivity index (χ2v) is 13.3. The number of hydrogen-bond acceptors (Lipinski definition) is 6. The number of fused-ring (bicyclic) bond motifs is 5. The molecule has 0 bridgehead atoms. The molecular weight excluding hydrogens is 432 g/mol. The van der Waals surface area contributed by atoms with Gasteiger partial charge in [0, 0.05) is 0 Å². The van der Waals surface area contributed by atoms with Crippen LogP contribution in [0.3, 0.4) is 0 Å². The van der Waals surface area contributed by atoms with Crippen molar-refractivity contribution in [3.05, 3.63) is 0 Å². The van der Waals surface area contributed by atoms with E-state index in [1.165, 1.54) is 0 Å². The molecule has 13 atom stereocenters. The largest absolute Gasteiger partial charge is 0.465 e. The zero-order chi connectivity index (χ0) is 25.2. The predicted octanol–water partition coefficient (Wildman–Crippen LogP) is 3.39. The van der Waals surface area contributed by atoms with Gasteiger partial charge in [0.1, 0.15) is 0 Å². The zero-order valence-electron chi connectivity index (χ0n) is 22.0. The molecule has 4 rings (SSSR count). The van der Waals surface area contributed by atoms with E-state index in [-0.39, 0.29) is 52.8 Å². The predicted molar refractivity (Wildman–Crippen MR) is 130 cm³/mol. The number of aliphatic hydroxyl groups excluding tert-OH is 4. The summed E-state index contributed by atoms with van der Waals surface area (Å²) in [6.07, 6.45) is 1.61. The molecule has 0 spiro atoms. The molecule has 0 unspecified atom stereocenters. The van der Waals surface area contributed by atoms with E-state index in [9.17, 15) is 25.2 Å². The fraction of sp³-hybridized carbons (Fsp3) is 0.964. The molecule has 3 aliphatic carbocycles. The summed E-state index contributed by atoms with van der Waals surface area (Å²) >= 11 is 0. The highest BCUT2D eigenvalue weighted by Gasteiger charge is 2.63. The lowest BCUT2D eigenvalue weighted by atomic mass is 9.48. The van der Waals surface area contributed by atoms with Crippen LogP contribution in [0.1, 0.15) is 80.1 Å². The van der Waals surface area contributed by atoms with E-state index in [4.69, 9.17) is 4.74 Å². The van der Waals surface area contributed by atoms with Crippen LogP contribution in [0.25, 0.3) is 0 Å². The molecule has 0 aromatic carbocycles. The Hall–Kier alpha value is -0.690. The van der Waals surface area contributed by atoms with Gasteiger partial charge in [-0.15, -0.1) is 0 Å². The molecule has 4 fully saturated rings. The summed E-state index contributed by atoms with van der Waals surface area (Å²) in [5.41, 5.74) is -0.345. The molecule has 6 nitrogen and oxygen atoms in total. The monoisotopic (exact) mass is 480 g/mol. The van der Waals surface area contributed by atoms with Crippen LogP contribution in [0, 0.1) is 58.2 Å². The molecule has 3 saturated carbocycles. The van der Waals surface area contributed by atoms with Crippen LogP contribution in [0.15, 0.2) is 0 Å². The Bertz CT molecular complexity index is 755. The molecular formula is C28H48O6. The Balaban J connectivity index is 1.58. The molecule has 196 valence electrons. The van der Waals surface area contributed by atoms with Crippen molar-refractivity contribution in [1.29, 1.82) is 0 Å². The fourth-order valence-electron chi connectivity index (χ4n) is 8.95. The molecule has 1 aliphatic heterocycles. The summed E-state index contributed by atoms with van der Waals surface area (Å²) in [5, 5.41) is 42.9. The van der Waals surface area contributed by atoms with Gasteiger partial charge >= 0.3 is 5.97 Å². The lowest BCUT2D eigenvalue weighted by molar-refractivity contribution is -0.162. The van der Waals surface area contributed by atoms with E-state index in [2.05, 4.69) is 34.6 Å². The summed E-state index contributed by atoms with van der Waals surface area (Å²) in [6, 6.07) is 0. The van der Waals surface area contributed by atoms with Crippen LogP contribution in [0.4, 0.5) is 0 Å². The Morgan fingerprint density at radius 1 is 0.912 bits per heavy atom. The average molecular weight is 481 g/mol. The molecule has 34 heavy (non-hydrogen) atoms. The van der Waals surface area contributed by atoms with E-state index in [1.54, 1.807) is 0 Å². The SMILES string of the molecule is CC(C)[C@@H](C)[C@@H](O)[C@H](O)[C@@H](C)[C@@H]1CC[C@H]2[C@H]3COC(=O)[C@H]4C[C@@H](O)[C@@H](O)C[C@]4(C)[C@@H]3CC[C@]12C. The highest BCUT2D eigenvalue weighted by Crippen LogP contribution is 2.66. The highest BCUT2D eigenvalue weighted by molar-refractivity contribution is 5.74. The van der Waals surface area contributed by atoms with Gasteiger partial charge in [-0.3, -0.25) is 4.79 Å². The van der Waals surface area contributed by atoms with Gasteiger partial charge in [-0.05, 0) is 90.8 Å². The van der Waals surface area contributed by atoms with Crippen LogP contribution < -0.4 is 0 Å². The number of aliphatic hydroxyl groups is 4. The van der Waals surface area contributed by atoms with Crippen molar-refractivity contribution in [2.45, 2.75) is 104 Å². The first-order valence-corrected chi connectivity index (χ1v) is 13.7. The van der Waals surface area contributed by atoms with Crippen molar-refractivity contribution in [3.8, 4) is 0 Å². The van der Waals surface area contributed by atoms with Crippen LogP contribution in [0.2, 0.25) is 0 Å². The number of esters is 1. The Morgan fingerprint density at radius 3 is 2.21 bits per heavy atom. The third-order valence-electron chi connectivity index (χ3n) is 11.5. The molecule has 1 saturated heterocycles. The summed E-state index contributed by atoms with van der Waals surface area (Å²) < 4.78 is 5.86. The Labute approximate surface area is 205 Å². The maximum absolute atomic E-state index is 13.0. The van der Waals surface area contributed by atoms with E-state index in [0.717, 1.165) is 25.7 Å². The third-order valence-corrected chi connectivity index (χ3v) is 11.5. The molecule has 0 amide bonds. The van der Waals surface area contributed by atoms with E-state index < -0.39 is 24.4 Å². The summed E-state index contributed by atoms with van der Waals surface area (Å²) in [4.78, 5) is 13.0. The lowest BCUT2D eigenvalue weighted by Gasteiger charge is -2.56. The first-order valence-electron chi connectivity index (χ1n) is 13.7. The molecule has 6 heteroatoms. The smallest absolute Gasteiger partial charge is 0.309 e. The van der Waals surface area contributed by atoms with Crippen molar-refractivity contribution >= 4 is 5.97 Å². The van der Waals surface area contributed by atoms with E-state index in [1.807, 2.05) is 6.92 Å². The maximum Gasteiger partial charge on any atom is 0.309 e. The minimum Gasteiger partial charge on any atom is -0.465 e. The molecule has 0 radical (unpaired) electrons. The van der Waals surface area contributed by atoms with Crippen molar-refractivity contribution in [2.24, 2.45) is 58.2 Å². The van der Waals surface area contributed by atoms with Crippen molar-refractivity contribution < 1.29 is 30.0 Å². The maximum atomic E-state index is 13.0. The quantitative estimate of drug-likeness (QED) is 0.450. The number of rotatable bonds is 5. The average Bonchev–Trinajstić information content (AvgIpc) is 3.09. The first-order chi connectivity index (χ1) is 15.8. The number of cyclic esters (lactones) is 1. The normalized spacial score (nSPS) is 48.1. The van der Waals surface area contributed by atoms with E-state index in [0.29, 0.717) is 30.8 Å². The van der Waals surface area contributed by atoms with Gasteiger partial charge in [0.2, 0.25) is 0 Å². The van der Waals surface area contributed by atoms with Gasteiger partial charge in [0.15, 0.2) is 0 Å². The summed E-state index contributed by atoms with van der Waals surface area (Å²) in [7, 11) is 0. The summed E-state index contributed by atoms with van der Waals surface area (Å²) in [5.74, 6) is 0.948. The van der Waals surface area contributed by atoms with Gasteiger partial charge in [-0.2, -0.15) is 0 Å². The van der Waals surface area contributed by atoms with E-state index >= 15 is 0 Å². The topological polar surface area (TPSA) is 107 Å². The number of ether oxygens (including phenoxy) is 1. The number of carbonyl (C=O) groups is 1. The highest BCUT2D eigenvalue weighted by atomic mass is 16.5. The second-order valence-electron chi connectivity index (χ2n) is 13.3. The number of carbonyl (C=O) groups excluding carboxylic acids is 1. The third kappa shape index (κ3) is 4.05. The minimum atomic E-state index is -0.867. The second kappa shape index (κ2) is 9.32. The lowest BCUT2D eigenvalue weighted by Crippen LogP contribution is -2.55. The van der Waals surface area contributed by atoms with Gasteiger partial charge < -0.3 is 25.2 Å². The van der Waals surface area contributed by atoms with Gasteiger partial charge in [-0.1, -0.05) is 41.5 Å². The molecule has 0 aromatic rings. The molecule has 4 aliphatic rings. The Kier molecular flexibility index (Phi) is 7.23. The van der Waals surface area contributed by atoms with Crippen molar-refractivity contribution in [1.82, 2.24) is 0 Å². The van der Waals surface area contributed by atoms with Crippen LogP contribution >= 0.6 is 0 Å². The number of hydrogen-bond donors (Lipinski definition) is 4. The minimum absolute atomic E-state index is 0.00827. The molecule has 0 aromatic heterocycles. The Morgan fingerprint density at radius 2 is 1.56 bits per heavy atom. The summed E-state index contributed by atoms with van der Waals surface area (Å²) in [6.45, 7) is 13.2. The van der Waals surface area contributed by atoms with Crippen LogP contribution in [-0.4, -0.2) is 57.4 Å². The molecule has 4 N–H and O–H groups in total. The van der Waals surface area contributed by atoms with Crippen LogP contribution in [-0.2, 0) is 9.53 Å². The van der Waals surface area contributed by atoms with Crippen molar-refractivity contribution in [2.75, 3.05) is 6.61 Å². The van der Waals surface area contributed by atoms with Gasteiger partial charge in [-0.25, -0.2) is 0 Å².